The molecule has 1 fully saturated rings. The van der Waals surface area contributed by atoms with Crippen molar-refractivity contribution in [1.82, 2.24) is 25.1 Å². The van der Waals surface area contributed by atoms with Crippen molar-refractivity contribution in [1.29, 1.82) is 0 Å². The summed E-state index contributed by atoms with van der Waals surface area (Å²) in [5.41, 5.74) is 8.47. The third-order valence-corrected chi connectivity index (χ3v) is 8.54. The summed E-state index contributed by atoms with van der Waals surface area (Å²) in [5, 5.41) is 21.9. The van der Waals surface area contributed by atoms with Crippen molar-refractivity contribution in [3.05, 3.63) is 71.6 Å². The molecule has 0 unspecified atom stereocenters. The van der Waals surface area contributed by atoms with Crippen LogP contribution in [-0.2, 0) is 11.0 Å². The van der Waals surface area contributed by atoms with E-state index in [2.05, 4.69) is 20.6 Å². The molecule has 1 aliphatic carbocycles. The van der Waals surface area contributed by atoms with Crippen LogP contribution in [0, 0.1) is 0 Å². The average Bonchev–Trinajstić information content (AvgIpc) is 3.44. The number of hydrogen-bond donors (Lipinski definition) is 4. The summed E-state index contributed by atoms with van der Waals surface area (Å²) in [5.74, 6) is -0.556. The molecule has 1 aliphatic heterocycles. The fraction of sp³-hybridized carbons (Fsp3) is 0.364. The van der Waals surface area contributed by atoms with E-state index in [-0.39, 0.29) is 35.2 Å². The monoisotopic (exact) mass is 633 g/mol. The molecule has 2 bridgehead atoms. The van der Waals surface area contributed by atoms with E-state index in [1.807, 2.05) is 10.8 Å². The molecule has 4 aromatic rings. The number of nitrogen functional groups attached to an aromatic ring is 1. The van der Waals surface area contributed by atoms with E-state index >= 15 is 0 Å². The van der Waals surface area contributed by atoms with Crippen LogP contribution in [0.25, 0.3) is 28.2 Å². The van der Waals surface area contributed by atoms with Crippen LogP contribution in [-0.4, -0.2) is 48.8 Å². The molecule has 6 rings (SSSR count). The van der Waals surface area contributed by atoms with Gasteiger partial charge >= 0.3 is 6.18 Å². The number of aliphatic hydroxyl groups excluding tert-OH is 1. The minimum atomic E-state index is -4.57. The number of nitrogens with zero attached hydrogens (tertiary/aromatic N) is 4. The van der Waals surface area contributed by atoms with Crippen LogP contribution in [0.15, 0.2) is 54.9 Å². The minimum absolute atomic E-state index is 0.00644. The fourth-order valence-electron chi connectivity index (χ4n) is 6.22. The summed E-state index contributed by atoms with van der Waals surface area (Å²) in [4.78, 5) is 33.8. The molecule has 13 heteroatoms. The van der Waals surface area contributed by atoms with E-state index in [0.29, 0.717) is 48.7 Å². The Kier molecular flexibility index (Phi) is 8.76. The molecular formula is C33H34F3N7O3. The normalized spacial score (nSPS) is 20.9. The predicted octanol–water partition coefficient (Wildman–Crippen LogP) is 5.89. The summed E-state index contributed by atoms with van der Waals surface area (Å²) in [7, 11) is 0. The van der Waals surface area contributed by atoms with Gasteiger partial charge in [-0.1, -0.05) is 30.7 Å². The Hall–Kier alpha value is -4.78. The van der Waals surface area contributed by atoms with Crippen molar-refractivity contribution < 1.29 is 27.9 Å². The van der Waals surface area contributed by atoms with Gasteiger partial charge in [0, 0.05) is 41.5 Å². The first-order valence-corrected chi connectivity index (χ1v) is 15.3. The summed E-state index contributed by atoms with van der Waals surface area (Å²) in [6.45, 7) is 0. The van der Waals surface area contributed by atoms with Gasteiger partial charge in [-0.25, -0.2) is 9.97 Å². The molecule has 3 aromatic heterocycles. The van der Waals surface area contributed by atoms with Gasteiger partial charge in [-0.3, -0.25) is 14.3 Å². The Morgan fingerprint density at radius 2 is 1.87 bits per heavy atom. The lowest BCUT2D eigenvalue weighted by Crippen LogP contribution is -2.39. The maximum atomic E-state index is 13.1. The third kappa shape index (κ3) is 6.74. The van der Waals surface area contributed by atoms with Gasteiger partial charge < -0.3 is 21.5 Å². The van der Waals surface area contributed by atoms with Crippen molar-refractivity contribution in [2.24, 2.45) is 0 Å². The number of aromatic nitrogens is 4. The number of fused-ring (bicyclic) bond motifs is 3. The number of aliphatic hydroxyl groups is 1. The fourth-order valence-corrected chi connectivity index (χ4v) is 6.22. The lowest BCUT2D eigenvalue weighted by Gasteiger charge is -2.30. The zero-order valence-electron chi connectivity index (χ0n) is 24.9. The Morgan fingerprint density at radius 3 is 2.65 bits per heavy atom. The molecule has 0 saturated heterocycles. The van der Waals surface area contributed by atoms with Crippen LogP contribution >= 0.6 is 0 Å². The van der Waals surface area contributed by atoms with Gasteiger partial charge in [-0.15, -0.1) is 0 Å². The van der Waals surface area contributed by atoms with Gasteiger partial charge in [0.2, 0.25) is 5.91 Å². The second-order valence-corrected chi connectivity index (χ2v) is 11.8. The number of carbonyl (C=O) groups excluding carboxylic acids is 2. The highest BCUT2D eigenvalue weighted by molar-refractivity contribution is 6.06. The van der Waals surface area contributed by atoms with Gasteiger partial charge in [0.25, 0.3) is 5.91 Å². The molecule has 2 aliphatic rings. The van der Waals surface area contributed by atoms with Crippen molar-refractivity contribution in [2.45, 2.75) is 75.7 Å². The number of carbonyl (C=O) groups is 2. The van der Waals surface area contributed by atoms with Crippen molar-refractivity contribution >= 4 is 40.4 Å². The van der Waals surface area contributed by atoms with Gasteiger partial charge in [0.05, 0.1) is 28.6 Å². The summed E-state index contributed by atoms with van der Waals surface area (Å²) in [6.07, 6.45) is 6.63. The number of nitrogens with one attached hydrogen (secondary N) is 2. The topological polar surface area (TPSA) is 148 Å². The Labute approximate surface area is 262 Å². The number of amides is 2. The molecule has 46 heavy (non-hydrogen) atoms. The van der Waals surface area contributed by atoms with Crippen LogP contribution in [0.3, 0.4) is 0 Å². The number of rotatable bonds is 3. The van der Waals surface area contributed by atoms with Crippen molar-refractivity contribution in [2.75, 3.05) is 11.1 Å². The summed E-state index contributed by atoms with van der Waals surface area (Å²) < 4.78 is 41.3. The molecule has 3 atom stereocenters. The zero-order valence-corrected chi connectivity index (χ0v) is 24.9. The number of anilines is 2. The molecule has 0 radical (unpaired) electrons. The highest BCUT2D eigenvalue weighted by Gasteiger charge is 2.31. The number of pyridine rings is 2. The second-order valence-electron chi connectivity index (χ2n) is 11.8. The number of benzene rings is 1. The van der Waals surface area contributed by atoms with Crippen LogP contribution in [0.1, 0.15) is 78.9 Å². The number of nitrogens with two attached hydrogens (primary N) is 1. The molecule has 4 heterocycles. The molecule has 1 aromatic carbocycles. The number of halogens is 3. The van der Waals surface area contributed by atoms with E-state index < -0.39 is 23.8 Å². The first-order valence-electron chi connectivity index (χ1n) is 15.3. The van der Waals surface area contributed by atoms with Crippen molar-refractivity contribution in [3.8, 4) is 11.3 Å². The maximum absolute atomic E-state index is 13.1. The lowest BCUT2D eigenvalue weighted by atomic mass is 9.90. The zero-order chi connectivity index (χ0) is 32.4. The molecule has 0 spiro atoms. The first-order chi connectivity index (χ1) is 22.1. The third-order valence-electron chi connectivity index (χ3n) is 8.54. The first kappa shape index (κ1) is 31.2. The Balaban J connectivity index is 1.37. The Bertz CT molecular complexity index is 1790. The summed E-state index contributed by atoms with van der Waals surface area (Å²) in [6, 6.07) is 8.08. The van der Waals surface area contributed by atoms with Gasteiger partial charge in [-0.2, -0.15) is 18.3 Å². The molecule has 10 nitrogen and oxygen atoms in total. The Morgan fingerprint density at radius 1 is 1.07 bits per heavy atom. The maximum Gasteiger partial charge on any atom is 0.416 e. The van der Waals surface area contributed by atoms with E-state index in [1.165, 1.54) is 0 Å². The summed E-state index contributed by atoms with van der Waals surface area (Å²) >= 11 is 0. The van der Waals surface area contributed by atoms with Gasteiger partial charge in [-0.05, 0) is 62.8 Å². The van der Waals surface area contributed by atoms with Crippen LogP contribution in [0.4, 0.5) is 24.8 Å². The van der Waals surface area contributed by atoms with Crippen LogP contribution < -0.4 is 16.4 Å². The van der Waals surface area contributed by atoms with E-state index in [1.54, 1.807) is 36.5 Å². The molecule has 240 valence electrons. The largest absolute Gasteiger partial charge is 0.416 e. The molecule has 2 amide bonds. The standard InChI is InChI=1S/C33H34F3N7O3/c34-33(35,36)22-14-15-38-26(16-22)41-32(46)20-10-8-19(9-11-20)29-28-30-21(18-39-31(28)37)12-13-25(44)6-1-2-7-27(45)40-23-4-3-5-24(17-23)43(30)42-29/h8-16,18,23-25,44H,1-7,17H2,(H2,37,39)(H,40,45)(H,38,41,46)/t23-,24-,25-/m1/s1. The van der Waals surface area contributed by atoms with Gasteiger partial charge in [0.15, 0.2) is 0 Å². The second kappa shape index (κ2) is 12.9. The number of hydrogen-bond acceptors (Lipinski definition) is 7. The van der Waals surface area contributed by atoms with E-state index in [4.69, 9.17) is 10.8 Å². The van der Waals surface area contributed by atoms with Crippen LogP contribution in [0.5, 0.6) is 0 Å². The number of alkyl halides is 3. The quantitative estimate of drug-likeness (QED) is 0.220. The van der Waals surface area contributed by atoms with E-state index in [9.17, 15) is 27.9 Å². The lowest BCUT2D eigenvalue weighted by molar-refractivity contribution is -0.137. The highest BCUT2D eigenvalue weighted by atomic mass is 19.4. The average molecular weight is 634 g/mol. The minimum Gasteiger partial charge on any atom is -0.389 e. The van der Waals surface area contributed by atoms with Crippen LogP contribution in [0.2, 0.25) is 0 Å². The molecular weight excluding hydrogens is 599 g/mol. The molecule has 5 N–H and O–H groups in total. The molecule has 1 saturated carbocycles. The van der Waals surface area contributed by atoms with Gasteiger partial charge in [0.1, 0.15) is 17.3 Å². The van der Waals surface area contributed by atoms with E-state index in [0.717, 1.165) is 48.7 Å². The highest BCUT2D eigenvalue weighted by Crippen LogP contribution is 2.39. The predicted molar refractivity (Wildman–Crippen MR) is 168 cm³/mol. The smallest absolute Gasteiger partial charge is 0.389 e. The SMILES string of the molecule is Nc1ncc2c3c1c(-c1ccc(C(=O)Nc4cc(C(F)(F)F)ccn4)cc1)nn3[C@@H]1CCC[C@H](C1)NC(=O)CCCC[C@@H](O)C=C2. The van der Waals surface area contributed by atoms with Crippen molar-refractivity contribution in [3.63, 3.8) is 0 Å².